The molecular formula is C17H23NO2. The molecule has 108 valence electrons. The standard InChI is InChI=1S/C17H23NO2/c19-17(20)15-8-4-10-18(12-15)11-14-7-3-6-13-5-1-2-9-16(13)14/h1-2,5,9,14-15H,3-4,6-8,10-12H2,(H,19,20). The van der Waals surface area contributed by atoms with Gasteiger partial charge in [-0.3, -0.25) is 4.79 Å². The maximum absolute atomic E-state index is 11.2. The van der Waals surface area contributed by atoms with Crippen LogP contribution in [-0.4, -0.2) is 35.6 Å². The summed E-state index contributed by atoms with van der Waals surface area (Å²) < 4.78 is 0. The van der Waals surface area contributed by atoms with Gasteiger partial charge in [-0.05, 0) is 55.7 Å². The molecule has 2 atom stereocenters. The second-order valence-corrected chi connectivity index (χ2v) is 6.22. The Labute approximate surface area is 120 Å². The van der Waals surface area contributed by atoms with Crippen LogP contribution in [0.3, 0.4) is 0 Å². The summed E-state index contributed by atoms with van der Waals surface area (Å²) in [5.74, 6) is -0.200. The van der Waals surface area contributed by atoms with Crippen molar-refractivity contribution in [1.29, 1.82) is 0 Å². The first-order chi connectivity index (χ1) is 9.74. The summed E-state index contributed by atoms with van der Waals surface area (Å²) in [5, 5.41) is 9.19. The molecule has 0 spiro atoms. The number of aryl methyl sites for hydroxylation is 1. The maximum atomic E-state index is 11.2. The lowest BCUT2D eigenvalue weighted by Gasteiger charge is -2.35. The van der Waals surface area contributed by atoms with Gasteiger partial charge in [-0.15, -0.1) is 0 Å². The Morgan fingerprint density at radius 2 is 2.10 bits per heavy atom. The van der Waals surface area contributed by atoms with E-state index in [1.165, 1.54) is 30.4 Å². The van der Waals surface area contributed by atoms with Gasteiger partial charge in [0.1, 0.15) is 0 Å². The van der Waals surface area contributed by atoms with E-state index < -0.39 is 5.97 Å². The molecule has 1 N–H and O–H groups in total. The Bertz CT molecular complexity index is 486. The molecule has 1 heterocycles. The van der Waals surface area contributed by atoms with Crippen LogP contribution in [0.2, 0.25) is 0 Å². The van der Waals surface area contributed by atoms with Gasteiger partial charge in [0.25, 0.3) is 0 Å². The average Bonchev–Trinajstić information content (AvgIpc) is 2.48. The maximum Gasteiger partial charge on any atom is 0.307 e. The van der Waals surface area contributed by atoms with Crippen molar-refractivity contribution in [3.05, 3.63) is 35.4 Å². The number of hydrogen-bond donors (Lipinski definition) is 1. The van der Waals surface area contributed by atoms with E-state index in [0.717, 1.165) is 32.5 Å². The lowest BCUT2D eigenvalue weighted by atomic mass is 9.82. The summed E-state index contributed by atoms with van der Waals surface area (Å²) in [4.78, 5) is 13.5. The normalized spacial score (nSPS) is 27.0. The van der Waals surface area contributed by atoms with E-state index >= 15 is 0 Å². The zero-order valence-corrected chi connectivity index (χ0v) is 11.9. The van der Waals surface area contributed by atoms with E-state index in [0.29, 0.717) is 5.92 Å². The van der Waals surface area contributed by atoms with Gasteiger partial charge in [0, 0.05) is 13.1 Å². The quantitative estimate of drug-likeness (QED) is 0.920. The second-order valence-electron chi connectivity index (χ2n) is 6.22. The predicted octanol–water partition coefficient (Wildman–Crippen LogP) is 2.90. The average molecular weight is 273 g/mol. The number of likely N-dealkylation sites (tertiary alicyclic amines) is 1. The van der Waals surface area contributed by atoms with Crippen LogP contribution < -0.4 is 0 Å². The summed E-state index contributed by atoms with van der Waals surface area (Å²) in [6, 6.07) is 8.77. The SMILES string of the molecule is O=C(O)C1CCCN(CC2CCCc3ccccc32)C1. The molecule has 3 rings (SSSR count). The minimum atomic E-state index is -0.626. The van der Waals surface area contributed by atoms with Crippen LogP contribution in [0.5, 0.6) is 0 Å². The van der Waals surface area contributed by atoms with Gasteiger partial charge in [0.15, 0.2) is 0 Å². The Morgan fingerprint density at radius 1 is 1.25 bits per heavy atom. The molecule has 0 radical (unpaired) electrons. The highest BCUT2D eigenvalue weighted by Crippen LogP contribution is 2.33. The van der Waals surface area contributed by atoms with Gasteiger partial charge >= 0.3 is 5.97 Å². The highest BCUT2D eigenvalue weighted by molar-refractivity contribution is 5.70. The molecule has 1 aromatic rings. The summed E-state index contributed by atoms with van der Waals surface area (Å²) in [7, 11) is 0. The zero-order chi connectivity index (χ0) is 13.9. The summed E-state index contributed by atoms with van der Waals surface area (Å²) in [6.45, 7) is 2.82. The van der Waals surface area contributed by atoms with E-state index in [1.807, 2.05) is 0 Å². The van der Waals surface area contributed by atoms with Crippen LogP contribution in [0.4, 0.5) is 0 Å². The van der Waals surface area contributed by atoms with E-state index in [9.17, 15) is 9.90 Å². The monoisotopic (exact) mass is 273 g/mol. The highest BCUT2D eigenvalue weighted by Gasteiger charge is 2.28. The molecule has 0 aromatic heterocycles. The van der Waals surface area contributed by atoms with E-state index in [4.69, 9.17) is 0 Å². The van der Waals surface area contributed by atoms with Crippen molar-refractivity contribution in [1.82, 2.24) is 4.90 Å². The first-order valence-corrected chi connectivity index (χ1v) is 7.77. The summed E-state index contributed by atoms with van der Waals surface area (Å²) in [5.41, 5.74) is 2.99. The van der Waals surface area contributed by atoms with E-state index in [2.05, 4.69) is 29.2 Å². The molecule has 0 bridgehead atoms. The summed E-state index contributed by atoms with van der Waals surface area (Å²) >= 11 is 0. The van der Waals surface area contributed by atoms with E-state index in [1.54, 1.807) is 0 Å². The van der Waals surface area contributed by atoms with Crippen LogP contribution in [0, 0.1) is 5.92 Å². The van der Waals surface area contributed by atoms with Crippen molar-refractivity contribution in [2.45, 2.75) is 38.0 Å². The molecule has 3 heteroatoms. The van der Waals surface area contributed by atoms with Gasteiger partial charge in [-0.2, -0.15) is 0 Å². The fraction of sp³-hybridized carbons (Fsp3) is 0.588. The molecule has 0 amide bonds. The number of piperidine rings is 1. The minimum absolute atomic E-state index is 0.164. The smallest absolute Gasteiger partial charge is 0.307 e. The molecule has 2 aliphatic rings. The van der Waals surface area contributed by atoms with Crippen LogP contribution in [-0.2, 0) is 11.2 Å². The molecule has 2 unspecified atom stereocenters. The molecule has 1 fully saturated rings. The van der Waals surface area contributed by atoms with Crippen molar-refractivity contribution < 1.29 is 9.90 Å². The van der Waals surface area contributed by atoms with Crippen molar-refractivity contribution in [2.75, 3.05) is 19.6 Å². The molecule has 1 aliphatic heterocycles. The molecule has 1 aromatic carbocycles. The third-order valence-corrected chi connectivity index (χ3v) is 4.83. The molecular weight excluding hydrogens is 250 g/mol. The Hall–Kier alpha value is -1.35. The Balaban J connectivity index is 1.68. The van der Waals surface area contributed by atoms with E-state index in [-0.39, 0.29) is 5.92 Å². The fourth-order valence-electron chi connectivity index (χ4n) is 3.78. The van der Waals surface area contributed by atoms with Crippen molar-refractivity contribution in [2.24, 2.45) is 5.92 Å². The number of carbonyl (C=O) groups is 1. The van der Waals surface area contributed by atoms with Gasteiger partial charge < -0.3 is 10.0 Å². The number of fused-ring (bicyclic) bond motifs is 1. The van der Waals surface area contributed by atoms with Gasteiger partial charge in [0.05, 0.1) is 5.92 Å². The highest BCUT2D eigenvalue weighted by atomic mass is 16.4. The lowest BCUT2D eigenvalue weighted by molar-refractivity contribution is -0.143. The molecule has 1 aliphatic carbocycles. The largest absolute Gasteiger partial charge is 0.481 e. The van der Waals surface area contributed by atoms with Crippen molar-refractivity contribution >= 4 is 5.97 Å². The van der Waals surface area contributed by atoms with Gasteiger partial charge in [-0.25, -0.2) is 0 Å². The first kappa shape index (κ1) is 13.6. The molecule has 20 heavy (non-hydrogen) atoms. The fourth-order valence-corrected chi connectivity index (χ4v) is 3.78. The van der Waals surface area contributed by atoms with Crippen LogP contribution in [0.1, 0.15) is 42.7 Å². The number of benzene rings is 1. The van der Waals surface area contributed by atoms with Crippen LogP contribution in [0.15, 0.2) is 24.3 Å². The topological polar surface area (TPSA) is 40.5 Å². The number of aliphatic carboxylic acids is 1. The van der Waals surface area contributed by atoms with Gasteiger partial charge in [0.2, 0.25) is 0 Å². The Morgan fingerprint density at radius 3 is 2.95 bits per heavy atom. The number of rotatable bonds is 3. The second kappa shape index (κ2) is 5.96. The minimum Gasteiger partial charge on any atom is -0.481 e. The number of hydrogen-bond acceptors (Lipinski definition) is 2. The van der Waals surface area contributed by atoms with Gasteiger partial charge in [-0.1, -0.05) is 24.3 Å². The van der Waals surface area contributed by atoms with Crippen LogP contribution in [0.25, 0.3) is 0 Å². The third-order valence-electron chi connectivity index (χ3n) is 4.83. The molecule has 1 saturated heterocycles. The third kappa shape index (κ3) is 2.88. The number of nitrogens with zero attached hydrogens (tertiary/aromatic N) is 1. The molecule has 0 saturated carbocycles. The lowest BCUT2D eigenvalue weighted by Crippen LogP contribution is -2.41. The van der Waals surface area contributed by atoms with Crippen molar-refractivity contribution in [3.63, 3.8) is 0 Å². The summed E-state index contributed by atoms with van der Waals surface area (Å²) in [6.07, 6.45) is 5.56. The molecule has 3 nitrogen and oxygen atoms in total. The number of carboxylic acid groups (broad SMARTS) is 1. The predicted molar refractivity (Wildman–Crippen MR) is 78.9 cm³/mol. The zero-order valence-electron chi connectivity index (χ0n) is 11.9. The van der Waals surface area contributed by atoms with Crippen molar-refractivity contribution in [3.8, 4) is 0 Å². The Kier molecular flexibility index (Phi) is 4.06. The van der Waals surface area contributed by atoms with Crippen LogP contribution >= 0.6 is 0 Å². The number of carboxylic acids is 1. The first-order valence-electron chi connectivity index (χ1n) is 7.77.